The summed E-state index contributed by atoms with van der Waals surface area (Å²) < 4.78 is 0. The quantitative estimate of drug-likeness (QED) is 0.875. The lowest BCUT2D eigenvalue weighted by Crippen LogP contribution is -2.46. The van der Waals surface area contributed by atoms with Crippen LogP contribution in [0.2, 0.25) is 10.2 Å². The summed E-state index contributed by atoms with van der Waals surface area (Å²) in [6.45, 7) is 4.59. The number of aromatic amines is 1. The first-order valence-corrected chi connectivity index (χ1v) is 7.94. The number of aromatic nitrogens is 1. The number of amides is 1. The normalized spacial score (nSPS) is 19.1. The third kappa shape index (κ3) is 3.90. The standard InChI is InChI=1S/C14H21Cl2N3O/c1-2-7-19(9-10-5-3-4-6-17-10)14(20)12-8-11(15)13(16)18-12/h8,10,17-18H,2-7,9H2,1H3. The van der Waals surface area contributed by atoms with Crippen LogP contribution in [0, 0.1) is 0 Å². The van der Waals surface area contributed by atoms with Gasteiger partial charge in [0, 0.05) is 19.1 Å². The molecular weight excluding hydrogens is 297 g/mol. The van der Waals surface area contributed by atoms with E-state index >= 15 is 0 Å². The van der Waals surface area contributed by atoms with E-state index in [1.807, 2.05) is 4.90 Å². The highest BCUT2D eigenvalue weighted by Crippen LogP contribution is 2.23. The summed E-state index contributed by atoms with van der Waals surface area (Å²) in [6.07, 6.45) is 4.51. The Balaban J connectivity index is 2.04. The van der Waals surface area contributed by atoms with Gasteiger partial charge in [-0.1, -0.05) is 36.5 Å². The Kier molecular flexibility index (Phi) is 5.75. The van der Waals surface area contributed by atoms with Crippen LogP contribution in [-0.2, 0) is 0 Å². The summed E-state index contributed by atoms with van der Waals surface area (Å²) in [4.78, 5) is 17.2. The largest absolute Gasteiger partial charge is 0.340 e. The molecule has 1 saturated heterocycles. The van der Waals surface area contributed by atoms with Gasteiger partial charge in [0.15, 0.2) is 0 Å². The minimum atomic E-state index is -0.0342. The molecular formula is C14H21Cl2N3O. The van der Waals surface area contributed by atoms with Crippen molar-refractivity contribution in [2.75, 3.05) is 19.6 Å². The van der Waals surface area contributed by atoms with Gasteiger partial charge in [-0.05, 0) is 31.9 Å². The van der Waals surface area contributed by atoms with E-state index in [4.69, 9.17) is 23.2 Å². The molecule has 1 unspecified atom stereocenters. The van der Waals surface area contributed by atoms with E-state index in [1.54, 1.807) is 6.07 Å². The number of H-pyrrole nitrogens is 1. The summed E-state index contributed by atoms with van der Waals surface area (Å²) in [5.74, 6) is -0.0342. The van der Waals surface area contributed by atoms with Gasteiger partial charge in [-0.15, -0.1) is 0 Å². The number of hydrogen-bond donors (Lipinski definition) is 2. The van der Waals surface area contributed by atoms with E-state index in [0.29, 0.717) is 21.9 Å². The first kappa shape index (κ1) is 15.7. The number of nitrogens with zero attached hydrogens (tertiary/aromatic N) is 1. The average Bonchev–Trinajstić information content (AvgIpc) is 2.78. The topological polar surface area (TPSA) is 48.1 Å². The van der Waals surface area contributed by atoms with Gasteiger partial charge in [0.2, 0.25) is 0 Å². The van der Waals surface area contributed by atoms with E-state index in [1.165, 1.54) is 12.8 Å². The molecule has 1 amide bonds. The molecule has 1 aromatic heterocycles. The molecule has 2 rings (SSSR count). The fraction of sp³-hybridized carbons (Fsp3) is 0.643. The molecule has 1 aromatic rings. The zero-order valence-corrected chi connectivity index (χ0v) is 13.2. The Hall–Kier alpha value is -0.710. The van der Waals surface area contributed by atoms with Gasteiger partial charge >= 0.3 is 0 Å². The summed E-state index contributed by atoms with van der Waals surface area (Å²) in [6, 6.07) is 1.99. The Morgan fingerprint density at radius 3 is 2.80 bits per heavy atom. The Morgan fingerprint density at radius 2 is 2.25 bits per heavy atom. The molecule has 1 fully saturated rings. The SMILES string of the molecule is CCCN(CC1CCCCN1)C(=O)c1cc(Cl)c(Cl)[nH]1. The smallest absolute Gasteiger partial charge is 0.270 e. The zero-order chi connectivity index (χ0) is 14.5. The van der Waals surface area contributed by atoms with Crippen LogP contribution in [-0.4, -0.2) is 41.5 Å². The Bertz CT molecular complexity index is 436. The van der Waals surface area contributed by atoms with Crippen molar-refractivity contribution in [1.29, 1.82) is 0 Å². The summed E-state index contributed by atoms with van der Waals surface area (Å²) in [5.41, 5.74) is 0.462. The highest BCUT2D eigenvalue weighted by Gasteiger charge is 2.22. The molecule has 1 aliphatic heterocycles. The van der Waals surface area contributed by atoms with Crippen LogP contribution < -0.4 is 5.32 Å². The van der Waals surface area contributed by atoms with E-state index in [2.05, 4.69) is 17.2 Å². The second-order valence-corrected chi connectivity index (χ2v) is 6.03. The van der Waals surface area contributed by atoms with Crippen LogP contribution in [0.3, 0.4) is 0 Å². The van der Waals surface area contributed by atoms with E-state index < -0.39 is 0 Å². The minimum absolute atomic E-state index is 0.0342. The molecule has 2 heterocycles. The number of rotatable bonds is 5. The van der Waals surface area contributed by atoms with Crippen LogP contribution in [0.15, 0.2) is 6.07 Å². The van der Waals surface area contributed by atoms with Crippen molar-refractivity contribution in [2.45, 2.75) is 38.6 Å². The molecule has 0 bridgehead atoms. The van der Waals surface area contributed by atoms with Gasteiger partial charge in [0.1, 0.15) is 10.8 Å². The van der Waals surface area contributed by atoms with Crippen molar-refractivity contribution < 1.29 is 4.79 Å². The predicted octanol–water partition coefficient (Wildman–Crippen LogP) is 3.32. The lowest BCUT2D eigenvalue weighted by atomic mass is 10.0. The summed E-state index contributed by atoms with van der Waals surface area (Å²) in [5, 5.41) is 4.19. The molecule has 20 heavy (non-hydrogen) atoms. The van der Waals surface area contributed by atoms with Crippen molar-refractivity contribution >= 4 is 29.1 Å². The maximum absolute atomic E-state index is 12.5. The minimum Gasteiger partial charge on any atom is -0.340 e. The molecule has 0 radical (unpaired) electrons. The van der Waals surface area contributed by atoms with Crippen molar-refractivity contribution in [2.24, 2.45) is 0 Å². The lowest BCUT2D eigenvalue weighted by Gasteiger charge is -2.30. The first-order chi connectivity index (χ1) is 9.61. The second kappa shape index (κ2) is 7.34. The van der Waals surface area contributed by atoms with Crippen LogP contribution in [0.25, 0.3) is 0 Å². The molecule has 1 atom stereocenters. The highest BCUT2D eigenvalue weighted by atomic mass is 35.5. The fourth-order valence-electron chi connectivity index (χ4n) is 2.58. The maximum Gasteiger partial charge on any atom is 0.270 e. The van der Waals surface area contributed by atoms with Crippen molar-refractivity contribution in [3.63, 3.8) is 0 Å². The number of hydrogen-bond acceptors (Lipinski definition) is 2. The first-order valence-electron chi connectivity index (χ1n) is 7.18. The van der Waals surface area contributed by atoms with E-state index in [9.17, 15) is 4.79 Å². The van der Waals surface area contributed by atoms with Gasteiger partial charge in [-0.25, -0.2) is 0 Å². The van der Waals surface area contributed by atoms with Crippen LogP contribution in [0.5, 0.6) is 0 Å². The molecule has 0 aromatic carbocycles. The van der Waals surface area contributed by atoms with Gasteiger partial charge in [-0.2, -0.15) is 0 Å². The number of nitrogens with one attached hydrogen (secondary N) is 2. The molecule has 2 N–H and O–H groups in total. The van der Waals surface area contributed by atoms with Crippen LogP contribution in [0.1, 0.15) is 43.1 Å². The monoisotopic (exact) mass is 317 g/mol. The van der Waals surface area contributed by atoms with Crippen molar-refractivity contribution in [1.82, 2.24) is 15.2 Å². The van der Waals surface area contributed by atoms with Crippen LogP contribution >= 0.6 is 23.2 Å². The molecule has 4 nitrogen and oxygen atoms in total. The number of carbonyl (C=O) groups is 1. The van der Waals surface area contributed by atoms with Crippen molar-refractivity contribution in [3.05, 3.63) is 21.9 Å². The Morgan fingerprint density at radius 1 is 1.45 bits per heavy atom. The van der Waals surface area contributed by atoms with Gasteiger partial charge < -0.3 is 15.2 Å². The fourth-order valence-corrected chi connectivity index (χ4v) is 2.89. The van der Waals surface area contributed by atoms with E-state index in [-0.39, 0.29) is 5.91 Å². The second-order valence-electron chi connectivity index (χ2n) is 5.24. The number of halogens is 2. The number of carbonyl (C=O) groups excluding carboxylic acids is 1. The molecule has 1 aliphatic rings. The van der Waals surface area contributed by atoms with Crippen molar-refractivity contribution in [3.8, 4) is 0 Å². The van der Waals surface area contributed by atoms with Gasteiger partial charge in [0.05, 0.1) is 5.02 Å². The summed E-state index contributed by atoms with van der Waals surface area (Å²) >= 11 is 11.8. The zero-order valence-electron chi connectivity index (χ0n) is 11.7. The van der Waals surface area contributed by atoms with Gasteiger partial charge in [0.25, 0.3) is 5.91 Å². The molecule has 0 aliphatic carbocycles. The highest BCUT2D eigenvalue weighted by molar-refractivity contribution is 6.41. The molecule has 6 heteroatoms. The van der Waals surface area contributed by atoms with E-state index in [0.717, 1.165) is 32.5 Å². The molecule has 0 saturated carbocycles. The summed E-state index contributed by atoms with van der Waals surface area (Å²) in [7, 11) is 0. The van der Waals surface area contributed by atoms with Gasteiger partial charge in [-0.3, -0.25) is 4.79 Å². The Labute approximate surface area is 129 Å². The lowest BCUT2D eigenvalue weighted by molar-refractivity contribution is 0.0726. The average molecular weight is 318 g/mol. The van der Waals surface area contributed by atoms with Crippen LogP contribution in [0.4, 0.5) is 0 Å². The molecule has 112 valence electrons. The molecule has 0 spiro atoms. The third-order valence-corrected chi connectivity index (χ3v) is 4.28. The predicted molar refractivity (Wildman–Crippen MR) is 82.6 cm³/mol. The third-order valence-electron chi connectivity index (χ3n) is 3.59. The maximum atomic E-state index is 12.5. The number of piperidine rings is 1.